The van der Waals surface area contributed by atoms with Crippen LogP contribution in [0.3, 0.4) is 0 Å². The maximum atomic E-state index is 5.00. The molecule has 0 saturated heterocycles. The second kappa shape index (κ2) is 6.39. The minimum atomic E-state index is 0.584. The maximum Gasteiger partial charge on any atom is 0.194 e. The lowest BCUT2D eigenvalue weighted by Gasteiger charge is -2.08. The first-order valence-corrected chi connectivity index (χ1v) is 6.14. The number of imidazole rings is 1. The summed E-state index contributed by atoms with van der Waals surface area (Å²) in [5.74, 6) is 1.62. The van der Waals surface area contributed by atoms with Crippen molar-refractivity contribution < 1.29 is 4.74 Å². The van der Waals surface area contributed by atoms with E-state index in [-0.39, 0.29) is 0 Å². The molecular weight excluding hydrogens is 246 g/mol. The zero-order chi connectivity index (χ0) is 13.7. The molecule has 0 amide bonds. The lowest BCUT2D eigenvalue weighted by molar-refractivity contribution is 0.199. The molecule has 0 saturated carbocycles. The van der Waals surface area contributed by atoms with Gasteiger partial charge in [-0.05, 0) is 12.1 Å². The predicted octanol–water partition coefficient (Wildman–Crippen LogP) is -0.501. The van der Waals surface area contributed by atoms with Gasteiger partial charge in [0.05, 0.1) is 25.9 Å². The van der Waals surface area contributed by atoms with Gasteiger partial charge >= 0.3 is 0 Å². The SMILES string of the molecule is COCCNCc1cnc(C)n1Cc1nnn(C)n1. The number of tetrazole rings is 1. The van der Waals surface area contributed by atoms with Crippen LogP contribution in [-0.2, 0) is 24.9 Å². The molecule has 0 aliphatic carbocycles. The fourth-order valence-electron chi connectivity index (χ4n) is 1.79. The molecule has 0 spiro atoms. The topological polar surface area (TPSA) is 82.7 Å². The Hall–Kier alpha value is -1.80. The Morgan fingerprint density at radius 1 is 1.42 bits per heavy atom. The number of aromatic nitrogens is 6. The van der Waals surface area contributed by atoms with Crippen molar-refractivity contribution in [3.8, 4) is 0 Å². The highest BCUT2D eigenvalue weighted by atomic mass is 16.5. The van der Waals surface area contributed by atoms with Crippen molar-refractivity contribution >= 4 is 0 Å². The summed E-state index contributed by atoms with van der Waals surface area (Å²) in [6, 6.07) is 0. The van der Waals surface area contributed by atoms with Crippen molar-refractivity contribution in [2.45, 2.75) is 20.0 Å². The Kier molecular flexibility index (Phi) is 4.58. The first-order valence-electron chi connectivity index (χ1n) is 6.14. The van der Waals surface area contributed by atoms with Crippen molar-refractivity contribution in [1.82, 2.24) is 35.1 Å². The third-order valence-electron chi connectivity index (χ3n) is 2.78. The molecule has 0 fully saturated rings. The summed E-state index contributed by atoms with van der Waals surface area (Å²) >= 11 is 0. The van der Waals surface area contributed by atoms with Crippen LogP contribution < -0.4 is 5.32 Å². The quantitative estimate of drug-likeness (QED) is 0.680. The Balaban J connectivity index is 2.00. The van der Waals surface area contributed by atoms with Crippen LogP contribution in [0, 0.1) is 6.92 Å². The maximum absolute atomic E-state index is 5.00. The van der Waals surface area contributed by atoms with Crippen LogP contribution in [0.25, 0.3) is 0 Å². The standard InChI is InChI=1S/C11H19N7O/c1-9-13-7-10(6-12-4-5-19-3)18(9)8-11-14-16-17(2)15-11/h7,12H,4-6,8H2,1-3H3. The first-order chi connectivity index (χ1) is 9.20. The number of hydrogen-bond acceptors (Lipinski definition) is 6. The first kappa shape index (κ1) is 13.6. The highest BCUT2D eigenvalue weighted by Gasteiger charge is 2.09. The van der Waals surface area contributed by atoms with Gasteiger partial charge in [0.15, 0.2) is 5.82 Å². The van der Waals surface area contributed by atoms with E-state index in [1.807, 2.05) is 13.1 Å². The molecule has 2 heterocycles. The molecule has 8 heteroatoms. The van der Waals surface area contributed by atoms with Crippen LogP contribution in [-0.4, -0.2) is 50.0 Å². The van der Waals surface area contributed by atoms with Gasteiger partial charge in [0.25, 0.3) is 0 Å². The molecule has 1 N–H and O–H groups in total. The molecule has 2 aromatic heterocycles. The molecule has 8 nitrogen and oxygen atoms in total. The molecule has 0 aliphatic rings. The van der Waals surface area contributed by atoms with Crippen molar-refractivity contribution in [3.63, 3.8) is 0 Å². The number of methoxy groups -OCH3 is 1. The van der Waals surface area contributed by atoms with E-state index >= 15 is 0 Å². The molecule has 2 aromatic rings. The lowest BCUT2D eigenvalue weighted by Crippen LogP contribution is -2.21. The summed E-state index contributed by atoms with van der Waals surface area (Å²) in [5, 5.41) is 15.3. The molecule has 0 bridgehead atoms. The molecule has 0 atom stereocenters. The number of hydrogen-bond donors (Lipinski definition) is 1. The zero-order valence-electron chi connectivity index (χ0n) is 11.5. The van der Waals surface area contributed by atoms with Crippen LogP contribution in [0.4, 0.5) is 0 Å². The third kappa shape index (κ3) is 3.58. The third-order valence-corrected chi connectivity index (χ3v) is 2.78. The van der Waals surface area contributed by atoms with Gasteiger partial charge in [-0.15, -0.1) is 10.2 Å². The number of ether oxygens (including phenoxy) is 1. The molecule has 0 unspecified atom stereocenters. The highest BCUT2D eigenvalue weighted by Crippen LogP contribution is 2.06. The fraction of sp³-hybridized carbons (Fsp3) is 0.636. The second-order valence-corrected chi connectivity index (χ2v) is 4.25. The van der Waals surface area contributed by atoms with Crippen LogP contribution in [0.15, 0.2) is 6.20 Å². The van der Waals surface area contributed by atoms with E-state index in [0.29, 0.717) is 19.0 Å². The minimum Gasteiger partial charge on any atom is -0.383 e. The number of aryl methyl sites for hydroxylation is 2. The predicted molar refractivity (Wildman–Crippen MR) is 68.4 cm³/mol. The van der Waals surface area contributed by atoms with Gasteiger partial charge in [-0.3, -0.25) is 0 Å². The Labute approximate surface area is 111 Å². The van der Waals surface area contributed by atoms with E-state index in [1.54, 1.807) is 14.2 Å². The molecule has 0 aliphatic heterocycles. The number of nitrogens with zero attached hydrogens (tertiary/aromatic N) is 6. The second-order valence-electron chi connectivity index (χ2n) is 4.25. The number of rotatable bonds is 7. The van der Waals surface area contributed by atoms with Gasteiger partial charge in [0.1, 0.15) is 5.82 Å². The highest BCUT2D eigenvalue weighted by molar-refractivity contribution is 5.06. The summed E-state index contributed by atoms with van der Waals surface area (Å²) in [7, 11) is 3.44. The van der Waals surface area contributed by atoms with Gasteiger partial charge in [0.2, 0.25) is 0 Å². The average molecular weight is 265 g/mol. The Morgan fingerprint density at radius 2 is 2.26 bits per heavy atom. The van der Waals surface area contributed by atoms with Gasteiger partial charge in [-0.2, -0.15) is 4.80 Å². The molecule has 104 valence electrons. The number of nitrogens with one attached hydrogen (secondary N) is 1. The minimum absolute atomic E-state index is 0.584. The van der Waals surface area contributed by atoms with E-state index in [9.17, 15) is 0 Å². The Bertz CT molecular complexity index is 519. The summed E-state index contributed by atoms with van der Waals surface area (Å²) in [4.78, 5) is 5.78. The van der Waals surface area contributed by atoms with Gasteiger partial charge in [-0.1, -0.05) is 0 Å². The van der Waals surface area contributed by atoms with Gasteiger partial charge < -0.3 is 14.6 Å². The van der Waals surface area contributed by atoms with Crippen molar-refractivity contribution in [2.24, 2.45) is 7.05 Å². The Morgan fingerprint density at radius 3 is 2.95 bits per heavy atom. The fourth-order valence-corrected chi connectivity index (χ4v) is 1.79. The van der Waals surface area contributed by atoms with E-state index in [4.69, 9.17) is 4.74 Å². The summed E-state index contributed by atoms with van der Waals surface area (Å²) in [6.07, 6.45) is 1.87. The van der Waals surface area contributed by atoms with Crippen LogP contribution in [0.5, 0.6) is 0 Å². The largest absolute Gasteiger partial charge is 0.383 e. The molecule has 2 rings (SSSR count). The van der Waals surface area contributed by atoms with E-state index in [1.165, 1.54) is 4.80 Å². The van der Waals surface area contributed by atoms with E-state index < -0.39 is 0 Å². The van der Waals surface area contributed by atoms with Gasteiger partial charge in [-0.25, -0.2) is 4.98 Å². The van der Waals surface area contributed by atoms with Crippen LogP contribution >= 0.6 is 0 Å². The smallest absolute Gasteiger partial charge is 0.194 e. The molecular formula is C11H19N7O. The summed E-state index contributed by atoms with van der Waals surface area (Å²) in [5.41, 5.74) is 1.10. The molecule has 0 radical (unpaired) electrons. The van der Waals surface area contributed by atoms with Crippen LogP contribution in [0.2, 0.25) is 0 Å². The lowest BCUT2D eigenvalue weighted by atomic mass is 10.4. The molecule has 19 heavy (non-hydrogen) atoms. The van der Waals surface area contributed by atoms with Crippen molar-refractivity contribution in [1.29, 1.82) is 0 Å². The zero-order valence-corrected chi connectivity index (χ0v) is 11.5. The molecule has 0 aromatic carbocycles. The summed E-state index contributed by atoms with van der Waals surface area (Å²) < 4.78 is 7.08. The van der Waals surface area contributed by atoms with Crippen molar-refractivity contribution in [2.75, 3.05) is 20.3 Å². The van der Waals surface area contributed by atoms with E-state index in [2.05, 4.69) is 30.3 Å². The van der Waals surface area contributed by atoms with E-state index in [0.717, 1.165) is 24.6 Å². The van der Waals surface area contributed by atoms with Crippen molar-refractivity contribution in [3.05, 3.63) is 23.5 Å². The van der Waals surface area contributed by atoms with Gasteiger partial charge in [0, 0.05) is 26.4 Å². The monoisotopic (exact) mass is 265 g/mol. The average Bonchev–Trinajstić information content (AvgIpc) is 2.95. The normalized spacial score (nSPS) is 11.1. The van der Waals surface area contributed by atoms with Crippen LogP contribution in [0.1, 0.15) is 17.3 Å². The summed E-state index contributed by atoms with van der Waals surface area (Å²) in [6.45, 7) is 4.80.